The molecule has 0 fully saturated rings. The van der Waals surface area contributed by atoms with Crippen LogP contribution in [0.15, 0.2) is 36.4 Å². The zero-order chi connectivity index (χ0) is 19.2. The number of ether oxygens (including phenoxy) is 4. The number of fused-ring (bicyclic) bond motifs is 1. The van der Waals surface area contributed by atoms with Crippen LogP contribution < -0.4 is 24.3 Å². The van der Waals surface area contributed by atoms with Gasteiger partial charge in [-0.3, -0.25) is 4.79 Å². The van der Waals surface area contributed by atoms with Gasteiger partial charge in [-0.15, -0.1) is 0 Å². The molecule has 2 aromatic carbocycles. The number of nitrogens with one attached hydrogen (secondary N) is 1. The smallest absolute Gasteiger partial charge is 0.248 e. The number of halogens is 1. The number of methoxy groups -OCH3 is 2. The summed E-state index contributed by atoms with van der Waals surface area (Å²) >= 11 is 6.26. The quantitative estimate of drug-likeness (QED) is 0.777. The molecular formula is C20H20ClNO5. The van der Waals surface area contributed by atoms with Gasteiger partial charge in [0, 0.05) is 36.4 Å². The van der Waals surface area contributed by atoms with E-state index < -0.39 is 0 Å². The number of rotatable bonds is 5. The highest BCUT2D eigenvalue weighted by Crippen LogP contribution is 2.38. The molecule has 142 valence electrons. The van der Waals surface area contributed by atoms with Gasteiger partial charge < -0.3 is 24.3 Å². The highest BCUT2D eigenvalue weighted by Gasteiger charge is 2.15. The summed E-state index contributed by atoms with van der Waals surface area (Å²) in [7, 11) is 3.10. The van der Waals surface area contributed by atoms with Crippen LogP contribution >= 0.6 is 11.6 Å². The molecule has 0 radical (unpaired) electrons. The van der Waals surface area contributed by atoms with E-state index in [0.29, 0.717) is 46.9 Å². The molecule has 7 heteroatoms. The van der Waals surface area contributed by atoms with Gasteiger partial charge in [0.1, 0.15) is 11.5 Å². The van der Waals surface area contributed by atoms with Gasteiger partial charge in [-0.2, -0.15) is 0 Å². The first kappa shape index (κ1) is 18.9. The van der Waals surface area contributed by atoms with Crippen molar-refractivity contribution in [3.8, 4) is 23.0 Å². The van der Waals surface area contributed by atoms with E-state index in [1.54, 1.807) is 50.6 Å². The van der Waals surface area contributed by atoms with Crippen LogP contribution in [-0.4, -0.2) is 33.3 Å². The Morgan fingerprint density at radius 1 is 1.07 bits per heavy atom. The second-order valence-corrected chi connectivity index (χ2v) is 6.21. The molecule has 0 spiro atoms. The van der Waals surface area contributed by atoms with Crippen LogP contribution in [0.3, 0.4) is 0 Å². The zero-order valence-electron chi connectivity index (χ0n) is 15.1. The minimum Gasteiger partial charge on any atom is -0.497 e. The molecule has 3 rings (SSSR count). The van der Waals surface area contributed by atoms with Crippen LogP contribution in [0.1, 0.15) is 12.0 Å². The van der Waals surface area contributed by atoms with E-state index in [0.717, 1.165) is 12.0 Å². The van der Waals surface area contributed by atoms with Crippen molar-refractivity contribution in [2.24, 2.45) is 0 Å². The monoisotopic (exact) mass is 389 g/mol. The number of anilines is 1. The first-order valence-corrected chi connectivity index (χ1v) is 8.78. The second-order valence-electron chi connectivity index (χ2n) is 5.80. The molecule has 1 N–H and O–H groups in total. The molecule has 0 saturated carbocycles. The normalized spacial score (nSPS) is 13.1. The molecule has 2 aromatic rings. The van der Waals surface area contributed by atoms with Crippen molar-refractivity contribution in [1.29, 1.82) is 0 Å². The minimum absolute atomic E-state index is 0.298. The van der Waals surface area contributed by atoms with Gasteiger partial charge in [-0.25, -0.2) is 0 Å². The largest absolute Gasteiger partial charge is 0.497 e. The maximum Gasteiger partial charge on any atom is 0.248 e. The summed E-state index contributed by atoms with van der Waals surface area (Å²) in [5, 5.41) is 3.22. The maximum atomic E-state index is 12.2. The number of hydrogen-bond donors (Lipinski definition) is 1. The molecule has 1 amide bonds. The fraction of sp³-hybridized carbons (Fsp3) is 0.250. The first-order chi connectivity index (χ1) is 13.1. The third kappa shape index (κ3) is 4.86. The van der Waals surface area contributed by atoms with Crippen molar-refractivity contribution in [2.45, 2.75) is 6.42 Å². The number of carbonyl (C=O) groups excluding carboxylic acids is 1. The molecule has 1 aliphatic rings. The molecule has 27 heavy (non-hydrogen) atoms. The fourth-order valence-corrected chi connectivity index (χ4v) is 2.86. The molecule has 0 bridgehead atoms. The molecule has 1 heterocycles. The highest BCUT2D eigenvalue weighted by atomic mass is 35.5. The van der Waals surface area contributed by atoms with Gasteiger partial charge in [0.25, 0.3) is 0 Å². The van der Waals surface area contributed by atoms with Crippen LogP contribution in [0.2, 0.25) is 5.02 Å². The standard InChI is InChI=1S/C20H20ClNO5/c1-24-15-10-14(11-16(12-15)25-2)22-19(23)5-4-13-8-17(21)20-18(9-13)26-6-3-7-27-20/h4-5,8-12H,3,6-7H2,1-2H3,(H,22,23)/b5-4+. The fourth-order valence-electron chi connectivity index (χ4n) is 2.58. The summed E-state index contributed by atoms with van der Waals surface area (Å²) in [6.45, 7) is 1.13. The summed E-state index contributed by atoms with van der Waals surface area (Å²) in [6.07, 6.45) is 3.87. The third-order valence-corrected chi connectivity index (χ3v) is 4.15. The topological polar surface area (TPSA) is 66.0 Å². The lowest BCUT2D eigenvalue weighted by atomic mass is 10.2. The SMILES string of the molecule is COc1cc(NC(=O)/C=C/c2cc(Cl)c3c(c2)OCCCO3)cc(OC)c1. The van der Waals surface area contributed by atoms with Crippen molar-refractivity contribution in [2.75, 3.05) is 32.8 Å². The minimum atomic E-state index is -0.298. The zero-order valence-corrected chi connectivity index (χ0v) is 15.8. The van der Waals surface area contributed by atoms with Crippen LogP contribution in [0.4, 0.5) is 5.69 Å². The van der Waals surface area contributed by atoms with Crippen molar-refractivity contribution >= 4 is 29.3 Å². The predicted octanol–water partition coefficient (Wildman–Crippen LogP) is 4.17. The van der Waals surface area contributed by atoms with E-state index >= 15 is 0 Å². The van der Waals surface area contributed by atoms with E-state index in [9.17, 15) is 4.79 Å². The summed E-state index contributed by atoms with van der Waals surface area (Å²) in [4.78, 5) is 12.2. The Kier molecular flexibility index (Phi) is 6.08. The van der Waals surface area contributed by atoms with Crippen LogP contribution in [0.25, 0.3) is 6.08 Å². The maximum absolute atomic E-state index is 12.2. The van der Waals surface area contributed by atoms with E-state index in [-0.39, 0.29) is 5.91 Å². The van der Waals surface area contributed by atoms with E-state index in [4.69, 9.17) is 30.5 Å². The lowest BCUT2D eigenvalue weighted by Gasteiger charge is -2.10. The Hall–Kier alpha value is -2.86. The third-order valence-electron chi connectivity index (χ3n) is 3.87. The molecule has 0 aliphatic carbocycles. The van der Waals surface area contributed by atoms with Gasteiger partial charge >= 0.3 is 0 Å². The number of amides is 1. The van der Waals surface area contributed by atoms with Crippen LogP contribution in [0, 0.1) is 0 Å². The molecule has 0 aromatic heterocycles. The first-order valence-electron chi connectivity index (χ1n) is 8.40. The van der Waals surface area contributed by atoms with Crippen molar-refractivity contribution in [1.82, 2.24) is 0 Å². The summed E-state index contributed by atoms with van der Waals surface area (Å²) in [5.74, 6) is 2.00. The Balaban J connectivity index is 1.74. The van der Waals surface area contributed by atoms with Gasteiger partial charge in [0.15, 0.2) is 11.5 Å². The van der Waals surface area contributed by atoms with E-state index in [1.807, 2.05) is 0 Å². The van der Waals surface area contributed by atoms with Crippen LogP contribution in [0.5, 0.6) is 23.0 Å². The number of benzene rings is 2. The van der Waals surface area contributed by atoms with Crippen LogP contribution in [-0.2, 0) is 4.79 Å². The molecule has 1 aliphatic heterocycles. The van der Waals surface area contributed by atoms with Gasteiger partial charge in [0.05, 0.1) is 32.5 Å². The molecular weight excluding hydrogens is 370 g/mol. The Morgan fingerprint density at radius 2 is 1.78 bits per heavy atom. The van der Waals surface area contributed by atoms with Crippen molar-refractivity contribution in [3.05, 3.63) is 47.0 Å². The Labute approximate surface area is 162 Å². The molecule has 6 nitrogen and oxygen atoms in total. The average molecular weight is 390 g/mol. The summed E-state index contributed by atoms with van der Waals surface area (Å²) < 4.78 is 21.6. The average Bonchev–Trinajstić information content (AvgIpc) is 2.92. The second kappa shape index (κ2) is 8.68. The van der Waals surface area contributed by atoms with Crippen molar-refractivity contribution < 1.29 is 23.7 Å². The summed E-state index contributed by atoms with van der Waals surface area (Å²) in [5.41, 5.74) is 1.31. The van der Waals surface area contributed by atoms with E-state index in [1.165, 1.54) is 6.08 Å². The summed E-state index contributed by atoms with van der Waals surface area (Å²) in [6, 6.07) is 8.67. The number of hydrogen-bond acceptors (Lipinski definition) is 5. The molecule has 0 unspecified atom stereocenters. The Bertz CT molecular complexity index is 843. The Morgan fingerprint density at radius 3 is 2.48 bits per heavy atom. The molecule has 0 saturated heterocycles. The molecule has 0 atom stereocenters. The van der Waals surface area contributed by atoms with Gasteiger partial charge in [0.2, 0.25) is 5.91 Å². The lowest BCUT2D eigenvalue weighted by Crippen LogP contribution is -2.08. The van der Waals surface area contributed by atoms with Gasteiger partial charge in [-0.1, -0.05) is 11.6 Å². The number of carbonyl (C=O) groups is 1. The van der Waals surface area contributed by atoms with Gasteiger partial charge in [-0.05, 0) is 23.8 Å². The van der Waals surface area contributed by atoms with Crippen molar-refractivity contribution in [3.63, 3.8) is 0 Å². The highest BCUT2D eigenvalue weighted by molar-refractivity contribution is 6.32. The predicted molar refractivity (Wildman–Crippen MR) is 104 cm³/mol. The van der Waals surface area contributed by atoms with E-state index in [2.05, 4.69) is 5.32 Å². The lowest BCUT2D eigenvalue weighted by molar-refractivity contribution is -0.111.